The van der Waals surface area contributed by atoms with E-state index in [2.05, 4.69) is 13.8 Å². The predicted molar refractivity (Wildman–Crippen MR) is 98.3 cm³/mol. The Kier molecular flexibility index (Phi) is 9.02. The number of rotatable bonds is 2. The average molecular weight is 359 g/mol. The zero-order valence-electron chi connectivity index (χ0n) is 16.6. The lowest BCUT2D eigenvalue weighted by molar-refractivity contribution is -0.294. The summed E-state index contributed by atoms with van der Waals surface area (Å²) in [5.74, 6) is 0.283. The second-order valence-electron chi connectivity index (χ2n) is 9.09. The van der Waals surface area contributed by atoms with Crippen LogP contribution in [0.1, 0.15) is 79.1 Å². The molecule has 0 atom stereocenters. The molecule has 5 heteroatoms. The minimum absolute atomic E-state index is 0.0451. The van der Waals surface area contributed by atoms with E-state index >= 15 is 0 Å². The Bertz CT molecular complexity index is 371. The van der Waals surface area contributed by atoms with Crippen molar-refractivity contribution < 1.29 is 24.5 Å². The van der Waals surface area contributed by atoms with E-state index in [1.54, 1.807) is 13.8 Å². The lowest BCUT2D eigenvalue weighted by Gasteiger charge is -2.41. The summed E-state index contributed by atoms with van der Waals surface area (Å²) in [6.07, 6.45) is 8.70. The number of Topliss-reactive ketones (excluding diaryl/α,β-unsaturated/α-hetero) is 1. The SMILES string of the molecule is CC(C)(CO)CO.CC1(C)COC2(CCCC2)OC1.O=C1CCCC1. The van der Waals surface area contributed by atoms with Gasteiger partial charge >= 0.3 is 0 Å². The summed E-state index contributed by atoms with van der Waals surface area (Å²) in [6.45, 7) is 9.77. The number of hydrogen-bond donors (Lipinski definition) is 2. The van der Waals surface area contributed by atoms with Crippen LogP contribution < -0.4 is 0 Å². The van der Waals surface area contributed by atoms with Crippen molar-refractivity contribution in [3.8, 4) is 0 Å². The molecule has 1 aliphatic heterocycles. The first kappa shape index (κ1) is 22.6. The van der Waals surface area contributed by atoms with Crippen LogP contribution in [0, 0.1) is 10.8 Å². The highest BCUT2D eigenvalue weighted by atomic mass is 16.7. The molecule has 0 amide bonds. The van der Waals surface area contributed by atoms with Crippen LogP contribution in [0.2, 0.25) is 0 Å². The molecule has 1 spiro atoms. The zero-order chi connectivity index (χ0) is 19.0. The van der Waals surface area contributed by atoms with E-state index in [9.17, 15) is 4.79 Å². The highest BCUT2D eigenvalue weighted by Crippen LogP contribution is 2.40. The van der Waals surface area contributed by atoms with Gasteiger partial charge in [0.2, 0.25) is 0 Å². The van der Waals surface area contributed by atoms with Gasteiger partial charge in [-0.15, -0.1) is 0 Å². The van der Waals surface area contributed by atoms with Crippen molar-refractivity contribution in [3.05, 3.63) is 0 Å². The maximum Gasteiger partial charge on any atom is 0.168 e. The van der Waals surface area contributed by atoms with E-state index in [-0.39, 0.29) is 29.8 Å². The first-order valence-corrected chi connectivity index (χ1v) is 9.65. The molecule has 0 radical (unpaired) electrons. The monoisotopic (exact) mass is 358 g/mol. The third-order valence-corrected chi connectivity index (χ3v) is 4.83. The zero-order valence-corrected chi connectivity index (χ0v) is 16.6. The highest BCUT2D eigenvalue weighted by molar-refractivity contribution is 5.80. The maximum absolute atomic E-state index is 10.2. The fourth-order valence-electron chi connectivity index (χ4n) is 2.76. The number of aliphatic hydroxyl groups excluding tert-OH is 2. The summed E-state index contributed by atoms with van der Waals surface area (Å²) in [5.41, 5.74) is -0.0894. The Labute approximate surface area is 153 Å². The molecule has 2 saturated carbocycles. The normalized spacial score (nSPS) is 24.3. The van der Waals surface area contributed by atoms with Gasteiger partial charge in [-0.25, -0.2) is 0 Å². The van der Waals surface area contributed by atoms with Crippen LogP contribution in [-0.2, 0) is 14.3 Å². The van der Waals surface area contributed by atoms with Crippen LogP contribution >= 0.6 is 0 Å². The molecule has 3 rings (SSSR count). The largest absolute Gasteiger partial charge is 0.396 e. The van der Waals surface area contributed by atoms with E-state index in [1.807, 2.05) is 0 Å². The number of ketones is 1. The van der Waals surface area contributed by atoms with Crippen molar-refractivity contribution in [3.63, 3.8) is 0 Å². The highest BCUT2D eigenvalue weighted by Gasteiger charge is 2.42. The van der Waals surface area contributed by atoms with Crippen LogP contribution in [0.25, 0.3) is 0 Å². The van der Waals surface area contributed by atoms with Gasteiger partial charge in [-0.1, -0.05) is 27.7 Å². The third kappa shape index (κ3) is 8.63. The van der Waals surface area contributed by atoms with Crippen molar-refractivity contribution in [2.24, 2.45) is 10.8 Å². The van der Waals surface area contributed by atoms with Gasteiger partial charge in [0.05, 0.1) is 26.4 Å². The lowest BCUT2D eigenvalue weighted by Crippen LogP contribution is -2.45. The minimum Gasteiger partial charge on any atom is -0.396 e. The fraction of sp³-hybridized carbons (Fsp3) is 0.950. The first-order chi connectivity index (χ1) is 11.6. The van der Waals surface area contributed by atoms with E-state index < -0.39 is 0 Å². The summed E-state index contributed by atoms with van der Waals surface area (Å²) >= 11 is 0. The Hall–Kier alpha value is -0.490. The molecule has 0 aromatic rings. The molecule has 0 aromatic heterocycles. The molecule has 148 valence electrons. The first-order valence-electron chi connectivity index (χ1n) is 9.65. The summed E-state index contributed by atoms with van der Waals surface area (Å²) in [7, 11) is 0. The van der Waals surface area contributed by atoms with Crippen LogP contribution in [0.15, 0.2) is 0 Å². The molecule has 0 unspecified atom stereocenters. The Morgan fingerprint density at radius 1 is 0.920 bits per heavy atom. The van der Waals surface area contributed by atoms with Gasteiger partial charge < -0.3 is 19.7 Å². The van der Waals surface area contributed by atoms with Gasteiger partial charge in [-0.2, -0.15) is 0 Å². The standard InChI is InChI=1S/C10H18O2.C5H12O2.C5H8O/c1-9(2)7-11-10(12-8-9)5-3-4-6-10;1-5(2,3-6)4-7;6-5-3-1-2-4-5/h3-8H2,1-2H3;6-7H,3-4H2,1-2H3;1-4H2. The topological polar surface area (TPSA) is 76.0 Å². The van der Waals surface area contributed by atoms with Gasteiger partial charge in [-0.05, 0) is 25.7 Å². The van der Waals surface area contributed by atoms with Crippen LogP contribution in [-0.4, -0.2) is 48.2 Å². The summed E-state index contributed by atoms with van der Waals surface area (Å²) in [4.78, 5) is 10.2. The second kappa shape index (κ2) is 10.0. The molecule has 3 fully saturated rings. The third-order valence-electron chi connectivity index (χ3n) is 4.83. The average Bonchev–Trinajstić information content (AvgIpc) is 3.24. The Morgan fingerprint density at radius 2 is 1.36 bits per heavy atom. The predicted octanol–water partition coefficient (Wildman–Crippen LogP) is 3.46. The lowest BCUT2D eigenvalue weighted by atomic mass is 9.94. The maximum atomic E-state index is 10.2. The number of hydrogen-bond acceptors (Lipinski definition) is 5. The number of aliphatic hydroxyl groups is 2. The van der Waals surface area contributed by atoms with Crippen LogP contribution in [0.4, 0.5) is 0 Å². The molecule has 1 saturated heterocycles. The van der Waals surface area contributed by atoms with E-state index in [1.165, 1.54) is 12.8 Å². The molecule has 5 nitrogen and oxygen atoms in total. The molecule has 0 aromatic carbocycles. The minimum atomic E-state index is -0.306. The van der Waals surface area contributed by atoms with Gasteiger partial charge in [0.15, 0.2) is 5.79 Å². The van der Waals surface area contributed by atoms with Gasteiger partial charge in [0.1, 0.15) is 5.78 Å². The Morgan fingerprint density at radius 3 is 1.64 bits per heavy atom. The van der Waals surface area contributed by atoms with Crippen LogP contribution in [0.3, 0.4) is 0 Å². The van der Waals surface area contributed by atoms with Gasteiger partial charge in [-0.3, -0.25) is 4.79 Å². The van der Waals surface area contributed by atoms with E-state index in [0.29, 0.717) is 5.78 Å². The molecule has 0 bridgehead atoms. The van der Waals surface area contributed by atoms with Crippen LogP contribution in [0.5, 0.6) is 0 Å². The number of ether oxygens (including phenoxy) is 2. The second-order valence-corrected chi connectivity index (χ2v) is 9.09. The molecule has 25 heavy (non-hydrogen) atoms. The molecule has 2 N–H and O–H groups in total. The Balaban J connectivity index is 0.000000206. The fourth-order valence-corrected chi connectivity index (χ4v) is 2.76. The molecule has 2 aliphatic carbocycles. The van der Waals surface area contributed by atoms with Crippen molar-refractivity contribution in [2.45, 2.75) is 84.8 Å². The van der Waals surface area contributed by atoms with Gasteiger partial charge in [0.25, 0.3) is 0 Å². The van der Waals surface area contributed by atoms with Crippen molar-refractivity contribution in [1.29, 1.82) is 0 Å². The van der Waals surface area contributed by atoms with Gasteiger partial charge in [0, 0.05) is 36.5 Å². The van der Waals surface area contributed by atoms with Crippen molar-refractivity contribution in [2.75, 3.05) is 26.4 Å². The number of carbonyl (C=O) groups is 1. The molecular formula is C20H38O5. The van der Waals surface area contributed by atoms with Crippen molar-refractivity contribution in [1.82, 2.24) is 0 Å². The van der Waals surface area contributed by atoms with Crippen molar-refractivity contribution >= 4 is 5.78 Å². The molecule has 1 heterocycles. The smallest absolute Gasteiger partial charge is 0.168 e. The summed E-state index contributed by atoms with van der Waals surface area (Å²) in [6, 6.07) is 0. The molecule has 3 aliphatic rings. The quantitative estimate of drug-likeness (QED) is 0.790. The molecular weight excluding hydrogens is 320 g/mol. The van der Waals surface area contributed by atoms with E-state index in [4.69, 9.17) is 19.7 Å². The summed E-state index contributed by atoms with van der Waals surface area (Å²) < 4.78 is 11.6. The van der Waals surface area contributed by atoms with E-state index in [0.717, 1.165) is 51.7 Å². The summed E-state index contributed by atoms with van der Waals surface area (Å²) in [5, 5.41) is 16.9. The number of carbonyl (C=O) groups excluding carboxylic acids is 1.